The Balaban J connectivity index is 1.86. The van der Waals surface area contributed by atoms with Crippen molar-refractivity contribution in [2.24, 2.45) is 0 Å². The van der Waals surface area contributed by atoms with Gasteiger partial charge in [0.1, 0.15) is 5.82 Å². The molecule has 1 heterocycles. The number of rotatable bonds is 6. The monoisotopic (exact) mass is 274 g/mol. The molecule has 0 atom stereocenters. The minimum Gasteiger partial charge on any atom is -0.378 e. The van der Waals surface area contributed by atoms with Crippen LogP contribution in [-0.2, 0) is 17.8 Å². The van der Waals surface area contributed by atoms with Gasteiger partial charge in [0.15, 0.2) is 5.82 Å². The molecule has 4 N–H and O–H groups in total. The average Bonchev–Trinajstić information content (AvgIpc) is 2.86. The first-order chi connectivity index (χ1) is 9.67. The van der Waals surface area contributed by atoms with E-state index in [-0.39, 0.29) is 12.3 Å². The SMILES string of the molecule is CNNC(=O)Cc1n[nH]c(CNc2ccc(C)cc2)n1. The number of carbonyl (C=O) groups is 1. The zero-order valence-corrected chi connectivity index (χ0v) is 11.5. The van der Waals surface area contributed by atoms with Crippen LogP contribution in [-0.4, -0.2) is 28.1 Å². The number of hydrogen-bond acceptors (Lipinski definition) is 5. The van der Waals surface area contributed by atoms with Gasteiger partial charge < -0.3 is 5.32 Å². The molecule has 20 heavy (non-hydrogen) atoms. The summed E-state index contributed by atoms with van der Waals surface area (Å²) in [5.41, 5.74) is 7.27. The number of hydrogen-bond donors (Lipinski definition) is 4. The van der Waals surface area contributed by atoms with Gasteiger partial charge in [0.25, 0.3) is 0 Å². The fourth-order valence-corrected chi connectivity index (χ4v) is 1.68. The van der Waals surface area contributed by atoms with Crippen LogP contribution in [0.15, 0.2) is 24.3 Å². The minimum absolute atomic E-state index is 0.141. The fourth-order valence-electron chi connectivity index (χ4n) is 1.68. The Morgan fingerprint density at radius 2 is 2.05 bits per heavy atom. The van der Waals surface area contributed by atoms with Crippen LogP contribution in [0, 0.1) is 6.92 Å². The summed E-state index contributed by atoms with van der Waals surface area (Å²) in [5.74, 6) is 0.987. The summed E-state index contributed by atoms with van der Waals surface area (Å²) in [6, 6.07) is 8.09. The molecule has 0 aliphatic rings. The van der Waals surface area contributed by atoms with Crippen LogP contribution in [0.1, 0.15) is 17.2 Å². The van der Waals surface area contributed by atoms with E-state index in [9.17, 15) is 4.79 Å². The molecular weight excluding hydrogens is 256 g/mol. The molecule has 0 saturated heterocycles. The minimum atomic E-state index is -0.176. The highest BCUT2D eigenvalue weighted by Gasteiger charge is 2.08. The maximum atomic E-state index is 11.3. The van der Waals surface area contributed by atoms with Gasteiger partial charge in [-0.05, 0) is 19.1 Å². The van der Waals surface area contributed by atoms with Crippen molar-refractivity contribution in [3.63, 3.8) is 0 Å². The van der Waals surface area contributed by atoms with Gasteiger partial charge in [-0.3, -0.25) is 15.3 Å². The molecule has 0 aliphatic carbocycles. The van der Waals surface area contributed by atoms with E-state index in [4.69, 9.17) is 0 Å². The first kappa shape index (κ1) is 14.0. The van der Waals surface area contributed by atoms with E-state index in [2.05, 4.69) is 31.3 Å². The predicted molar refractivity (Wildman–Crippen MR) is 75.8 cm³/mol. The van der Waals surface area contributed by atoms with E-state index >= 15 is 0 Å². The topological polar surface area (TPSA) is 94.7 Å². The first-order valence-corrected chi connectivity index (χ1v) is 6.33. The van der Waals surface area contributed by atoms with Gasteiger partial charge in [-0.25, -0.2) is 10.4 Å². The number of carbonyl (C=O) groups excluding carboxylic acids is 1. The molecule has 1 amide bonds. The third-order valence-electron chi connectivity index (χ3n) is 2.67. The number of aryl methyl sites for hydroxylation is 1. The number of nitrogens with one attached hydrogen (secondary N) is 4. The van der Waals surface area contributed by atoms with Crippen molar-refractivity contribution in [1.82, 2.24) is 26.0 Å². The number of anilines is 1. The smallest absolute Gasteiger partial charge is 0.241 e. The van der Waals surface area contributed by atoms with Crippen LogP contribution in [0.5, 0.6) is 0 Å². The first-order valence-electron chi connectivity index (χ1n) is 6.33. The summed E-state index contributed by atoms with van der Waals surface area (Å²) in [6.07, 6.45) is 0.141. The van der Waals surface area contributed by atoms with E-state index in [0.717, 1.165) is 5.69 Å². The van der Waals surface area contributed by atoms with E-state index in [0.29, 0.717) is 18.2 Å². The molecule has 1 aromatic heterocycles. The lowest BCUT2D eigenvalue weighted by molar-refractivity contribution is -0.121. The lowest BCUT2D eigenvalue weighted by Crippen LogP contribution is -2.35. The molecule has 7 heteroatoms. The molecule has 106 valence electrons. The van der Waals surface area contributed by atoms with E-state index in [1.807, 2.05) is 31.2 Å². The molecule has 0 radical (unpaired) electrons. The van der Waals surface area contributed by atoms with Crippen LogP contribution in [0.2, 0.25) is 0 Å². The number of aromatic nitrogens is 3. The van der Waals surface area contributed by atoms with Crippen LogP contribution >= 0.6 is 0 Å². The van der Waals surface area contributed by atoms with E-state index in [1.165, 1.54) is 5.56 Å². The standard InChI is InChI=1S/C13H18N6O/c1-9-3-5-10(6-4-9)15-8-12-16-11(17-18-12)7-13(20)19-14-2/h3-6,14-15H,7-8H2,1-2H3,(H,19,20)(H,16,17,18). The maximum absolute atomic E-state index is 11.3. The second-order valence-electron chi connectivity index (χ2n) is 4.39. The molecule has 2 rings (SSSR count). The molecule has 2 aromatic rings. The quantitative estimate of drug-likeness (QED) is 0.576. The third kappa shape index (κ3) is 4.06. The molecule has 0 saturated carbocycles. The van der Waals surface area contributed by atoms with Crippen molar-refractivity contribution in [2.45, 2.75) is 19.9 Å². The van der Waals surface area contributed by atoms with Gasteiger partial charge in [-0.15, -0.1) is 0 Å². The molecule has 0 aliphatic heterocycles. The summed E-state index contributed by atoms with van der Waals surface area (Å²) in [5, 5.41) is 10.0. The summed E-state index contributed by atoms with van der Waals surface area (Å²) < 4.78 is 0. The van der Waals surface area contributed by atoms with Crippen molar-refractivity contribution in [3.8, 4) is 0 Å². The lowest BCUT2D eigenvalue weighted by atomic mass is 10.2. The Labute approximate surface area is 117 Å². The predicted octanol–water partition coefficient (Wildman–Crippen LogP) is 0.518. The number of hydrazine groups is 1. The molecule has 0 spiro atoms. The maximum Gasteiger partial charge on any atom is 0.241 e. The van der Waals surface area contributed by atoms with Crippen molar-refractivity contribution in [3.05, 3.63) is 41.5 Å². The van der Waals surface area contributed by atoms with Crippen LogP contribution in [0.25, 0.3) is 0 Å². The Kier molecular flexibility index (Phi) is 4.67. The number of amides is 1. The van der Waals surface area contributed by atoms with E-state index in [1.54, 1.807) is 7.05 Å². The van der Waals surface area contributed by atoms with Gasteiger partial charge >= 0.3 is 0 Å². The normalized spacial score (nSPS) is 10.3. The van der Waals surface area contributed by atoms with Crippen molar-refractivity contribution in [2.75, 3.05) is 12.4 Å². The fraction of sp³-hybridized carbons (Fsp3) is 0.308. The lowest BCUT2D eigenvalue weighted by Gasteiger charge is -2.03. The molecule has 0 unspecified atom stereocenters. The highest BCUT2D eigenvalue weighted by molar-refractivity contribution is 5.77. The van der Waals surface area contributed by atoms with Crippen molar-refractivity contribution < 1.29 is 4.79 Å². The molecule has 1 aromatic carbocycles. The average molecular weight is 274 g/mol. The Morgan fingerprint density at radius 1 is 1.30 bits per heavy atom. The summed E-state index contributed by atoms with van der Waals surface area (Å²) in [4.78, 5) is 15.6. The molecule has 7 nitrogen and oxygen atoms in total. The largest absolute Gasteiger partial charge is 0.378 e. The van der Waals surface area contributed by atoms with E-state index < -0.39 is 0 Å². The van der Waals surface area contributed by atoms with Crippen LogP contribution in [0.3, 0.4) is 0 Å². The van der Waals surface area contributed by atoms with Crippen LogP contribution in [0.4, 0.5) is 5.69 Å². The van der Waals surface area contributed by atoms with Crippen molar-refractivity contribution >= 4 is 11.6 Å². The molecular formula is C13H18N6O. The zero-order valence-electron chi connectivity index (χ0n) is 11.5. The Morgan fingerprint density at radius 3 is 2.75 bits per heavy atom. The number of nitrogens with zero attached hydrogens (tertiary/aromatic N) is 2. The molecule has 0 fully saturated rings. The highest BCUT2D eigenvalue weighted by atomic mass is 16.2. The number of aromatic amines is 1. The zero-order chi connectivity index (χ0) is 14.4. The summed E-state index contributed by atoms with van der Waals surface area (Å²) in [7, 11) is 1.63. The summed E-state index contributed by atoms with van der Waals surface area (Å²) in [6.45, 7) is 2.58. The van der Waals surface area contributed by atoms with Gasteiger partial charge in [0, 0.05) is 12.7 Å². The van der Waals surface area contributed by atoms with Gasteiger partial charge in [0.2, 0.25) is 5.91 Å². The van der Waals surface area contributed by atoms with Gasteiger partial charge in [-0.2, -0.15) is 5.10 Å². The second kappa shape index (κ2) is 6.67. The number of H-pyrrole nitrogens is 1. The highest BCUT2D eigenvalue weighted by Crippen LogP contribution is 2.09. The van der Waals surface area contributed by atoms with Crippen LogP contribution < -0.4 is 16.2 Å². The van der Waals surface area contributed by atoms with Crippen molar-refractivity contribution in [1.29, 1.82) is 0 Å². The summed E-state index contributed by atoms with van der Waals surface area (Å²) >= 11 is 0. The van der Waals surface area contributed by atoms with Gasteiger partial charge in [-0.1, -0.05) is 17.7 Å². The Bertz CT molecular complexity index is 562. The number of benzene rings is 1. The van der Waals surface area contributed by atoms with Gasteiger partial charge in [0.05, 0.1) is 13.0 Å². The molecule has 0 bridgehead atoms. The Hall–Kier alpha value is -2.41. The second-order valence-corrected chi connectivity index (χ2v) is 4.39. The third-order valence-corrected chi connectivity index (χ3v) is 2.67.